The Morgan fingerprint density at radius 1 is 1.10 bits per heavy atom. The van der Waals surface area contributed by atoms with Crippen molar-refractivity contribution < 1.29 is 23.7 Å². The zero-order valence-electron chi connectivity index (χ0n) is 18.2. The van der Waals surface area contributed by atoms with Crippen LogP contribution in [0.25, 0.3) is 11.0 Å². The first-order chi connectivity index (χ1) is 14.9. The van der Waals surface area contributed by atoms with Crippen molar-refractivity contribution in [2.45, 2.75) is 6.04 Å². The van der Waals surface area contributed by atoms with Gasteiger partial charge in [0.1, 0.15) is 16.9 Å². The van der Waals surface area contributed by atoms with Crippen LogP contribution in [-0.4, -0.2) is 58.2 Å². The van der Waals surface area contributed by atoms with Crippen molar-refractivity contribution >= 4 is 17.2 Å². The molecule has 0 aliphatic carbocycles. The standard InChI is InChI=1S/C23H26N2O6/c1-25(2)17(14-10-19(28-3)22(30-5)20(11-14)29-4)13-24-12-16-21(26)15-8-6-7-9-18(15)31-23(16)27/h6-12,17,26H,13H2,1-5H3. The highest BCUT2D eigenvalue weighted by Crippen LogP contribution is 2.40. The summed E-state index contributed by atoms with van der Waals surface area (Å²) in [4.78, 5) is 18.7. The van der Waals surface area contributed by atoms with E-state index in [1.54, 1.807) is 45.6 Å². The Labute approximate surface area is 180 Å². The number of rotatable bonds is 8. The highest BCUT2D eigenvalue weighted by atomic mass is 16.5. The van der Waals surface area contributed by atoms with Crippen molar-refractivity contribution in [1.29, 1.82) is 0 Å². The van der Waals surface area contributed by atoms with E-state index in [2.05, 4.69) is 4.99 Å². The van der Waals surface area contributed by atoms with Gasteiger partial charge in [0, 0.05) is 6.21 Å². The van der Waals surface area contributed by atoms with E-state index < -0.39 is 5.63 Å². The van der Waals surface area contributed by atoms with E-state index in [9.17, 15) is 9.90 Å². The van der Waals surface area contributed by atoms with Crippen LogP contribution in [0.5, 0.6) is 23.0 Å². The van der Waals surface area contributed by atoms with E-state index in [1.807, 2.05) is 31.1 Å². The second-order valence-electron chi connectivity index (χ2n) is 7.08. The Bertz CT molecular complexity index is 1130. The molecule has 0 aliphatic rings. The molecule has 0 fully saturated rings. The van der Waals surface area contributed by atoms with Gasteiger partial charge in [0.05, 0.1) is 39.3 Å². The zero-order valence-corrected chi connectivity index (χ0v) is 18.2. The molecule has 1 aromatic heterocycles. The number of hydrogen-bond donors (Lipinski definition) is 1. The Balaban J connectivity index is 1.95. The van der Waals surface area contributed by atoms with Crippen molar-refractivity contribution in [3.63, 3.8) is 0 Å². The van der Waals surface area contributed by atoms with Gasteiger partial charge in [-0.15, -0.1) is 0 Å². The topological polar surface area (TPSA) is 93.7 Å². The SMILES string of the molecule is COc1cc(C(CN=Cc2c(O)c3ccccc3oc2=O)N(C)C)cc(OC)c1OC. The maximum Gasteiger partial charge on any atom is 0.348 e. The number of para-hydroxylation sites is 1. The van der Waals surface area contributed by atoms with E-state index in [0.717, 1.165) is 5.56 Å². The van der Waals surface area contributed by atoms with Crippen molar-refractivity contribution in [1.82, 2.24) is 4.90 Å². The number of fused-ring (bicyclic) bond motifs is 1. The van der Waals surface area contributed by atoms with E-state index in [1.165, 1.54) is 6.21 Å². The summed E-state index contributed by atoms with van der Waals surface area (Å²) in [5.41, 5.74) is 0.590. The molecule has 31 heavy (non-hydrogen) atoms. The minimum Gasteiger partial charge on any atom is -0.506 e. The number of nitrogens with zero attached hydrogens (tertiary/aromatic N) is 2. The van der Waals surface area contributed by atoms with Crippen LogP contribution in [0.2, 0.25) is 0 Å². The van der Waals surface area contributed by atoms with E-state index in [-0.39, 0.29) is 17.4 Å². The van der Waals surface area contributed by atoms with Crippen LogP contribution in [0.1, 0.15) is 17.2 Å². The fourth-order valence-corrected chi connectivity index (χ4v) is 3.37. The minimum atomic E-state index is -0.644. The lowest BCUT2D eigenvalue weighted by molar-refractivity contribution is 0.298. The van der Waals surface area contributed by atoms with Crippen molar-refractivity contribution in [3.05, 3.63) is 57.9 Å². The van der Waals surface area contributed by atoms with Crippen LogP contribution in [0.4, 0.5) is 0 Å². The van der Waals surface area contributed by atoms with E-state index >= 15 is 0 Å². The highest BCUT2D eigenvalue weighted by molar-refractivity contribution is 5.93. The molecule has 0 aliphatic heterocycles. The molecule has 3 aromatic rings. The van der Waals surface area contributed by atoms with Gasteiger partial charge < -0.3 is 28.6 Å². The van der Waals surface area contributed by atoms with Gasteiger partial charge in [-0.1, -0.05) is 12.1 Å². The van der Waals surface area contributed by atoms with Crippen LogP contribution >= 0.6 is 0 Å². The molecule has 0 saturated carbocycles. The minimum absolute atomic E-state index is 0.0149. The number of hydrogen-bond acceptors (Lipinski definition) is 8. The summed E-state index contributed by atoms with van der Waals surface area (Å²) in [7, 11) is 8.52. The normalized spacial score (nSPS) is 12.5. The molecule has 3 rings (SSSR count). The molecule has 0 saturated heterocycles. The highest BCUT2D eigenvalue weighted by Gasteiger charge is 2.20. The average Bonchev–Trinajstić information content (AvgIpc) is 2.77. The number of benzene rings is 2. The summed E-state index contributed by atoms with van der Waals surface area (Å²) in [5, 5.41) is 11.0. The molecular weight excluding hydrogens is 400 g/mol. The van der Waals surface area contributed by atoms with Gasteiger partial charge in [0.25, 0.3) is 0 Å². The molecule has 1 unspecified atom stereocenters. The monoisotopic (exact) mass is 426 g/mol. The van der Waals surface area contributed by atoms with Crippen LogP contribution in [-0.2, 0) is 0 Å². The van der Waals surface area contributed by atoms with Crippen LogP contribution in [0.15, 0.2) is 50.6 Å². The molecule has 164 valence electrons. The van der Waals surface area contributed by atoms with Crippen molar-refractivity contribution in [2.24, 2.45) is 4.99 Å². The van der Waals surface area contributed by atoms with Gasteiger partial charge in [-0.25, -0.2) is 4.79 Å². The Morgan fingerprint density at radius 3 is 2.32 bits per heavy atom. The molecule has 0 amide bonds. The Hall–Kier alpha value is -3.52. The summed E-state index contributed by atoms with van der Waals surface area (Å²) in [6, 6.07) is 10.4. The fourth-order valence-electron chi connectivity index (χ4n) is 3.37. The fraction of sp³-hybridized carbons (Fsp3) is 0.304. The third kappa shape index (κ3) is 4.49. The summed E-state index contributed by atoms with van der Waals surface area (Å²) in [6.45, 7) is 0.317. The summed E-state index contributed by atoms with van der Waals surface area (Å²) >= 11 is 0. The molecule has 0 spiro atoms. The second-order valence-corrected chi connectivity index (χ2v) is 7.08. The summed E-state index contributed by atoms with van der Waals surface area (Å²) in [5.74, 6) is 1.44. The van der Waals surface area contributed by atoms with Crippen LogP contribution in [0.3, 0.4) is 0 Å². The maximum atomic E-state index is 12.3. The zero-order chi connectivity index (χ0) is 22.5. The predicted octanol–water partition coefficient (Wildman–Crippen LogP) is 3.25. The van der Waals surface area contributed by atoms with E-state index in [0.29, 0.717) is 34.8 Å². The van der Waals surface area contributed by atoms with E-state index in [4.69, 9.17) is 18.6 Å². The van der Waals surface area contributed by atoms with Crippen molar-refractivity contribution in [2.75, 3.05) is 42.0 Å². The van der Waals surface area contributed by atoms with Gasteiger partial charge >= 0.3 is 5.63 Å². The smallest absolute Gasteiger partial charge is 0.348 e. The van der Waals surface area contributed by atoms with Crippen molar-refractivity contribution in [3.8, 4) is 23.0 Å². The second kappa shape index (κ2) is 9.53. The average molecular weight is 426 g/mol. The molecule has 8 nitrogen and oxygen atoms in total. The lowest BCUT2D eigenvalue weighted by Crippen LogP contribution is -2.23. The Morgan fingerprint density at radius 2 is 1.74 bits per heavy atom. The number of likely N-dealkylation sites (N-methyl/N-ethyl adjacent to an activating group) is 1. The number of aliphatic imine (C=N–C) groups is 1. The van der Waals surface area contributed by atoms with Crippen LogP contribution in [0, 0.1) is 0 Å². The lowest BCUT2D eigenvalue weighted by Gasteiger charge is -2.25. The molecule has 0 radical (unpaired) electrons. The van der Waals surface area contributed by atoms with Gasteiger partial charge in [-0.2, -0.15) is 0 Å². The summed E-state index contributed by atoms with van der Waals surface area (Å²) in [6.07, 6.45) is 1.35. The Kier molecular flexibility index (Phi) is 6.81. The maximum absolute atomic E-state index is 12.3. The predicted molar refractivity (Wildman–Crippen MR) is 119 cm³/mol. The van der Waals surface area contributed by atoms with Gasteiger partial charge in [-0.05, 0) is 43.9 Å². The molecule has 1 heterocycles. The van der Waals surface area contributed by atoms with Gasteiger partial charge in [-0.3, -0.25) is 4.99 Å². The number of ether oxygens (including phenoxy) is 3. The first-order valence-electron chi connectivity index (χ1n) is 9.62. The molecule has 1 atom stereocenters. The molecule has 2 aromatic carbocycles. The van der Waals surface area contributed by atoms with Gasteiger partial charge in [0.2, 0.25) is 5.75 Å². The molecule has 8 heteroatoms. The molecular formula is C23H26N2O6. The quantitative estimate of drug-likeness (QED) is 0.436. The largest absolute Gasteiger partial charge is 0.506 e. The first kappa shape index (κ1) is 22.2. The number of methoxy groups -OCH3 is 3. The van der Waals surface area contributed by atoms with Gasteiger partial charge in [0.15, 0.2) is 11.5 Å². The van der Waals surface area contributed by atoms with Crippen LogP contribution < -0.4 is 19.8 Å². The third-order valence-corrected chi connectivity index (χ3v) is 5.01. The third-order valence-electron chi connectivity index (χ3n) is 5.01. The first-order valence-corrected chi connectivity index (χ1v) is 9.62. The number of aromatic hydroxyl groups is 1. The summed E-state index contributed by atoms with van der Waals surface area (Å²) < 4.78 is 21.6. The lowest BCUT2D eigenvalue weighted by atomic mass is 10.0. The molecule has 1 N–H and O–H groups in total. The molecule has 0 bridgehead atoms.